The molecule has 3 aromatic carbocycles. The fourth-order valence-corrected chi connectivity index (χ4v) is 6.82. The van der Waals surface area contributed by atoms with E-state index in [2.05, 4.69) is 158 Å². The number of nitrogens with one attached hydrogen (secondary N) is 1. The summed E-state index contributed by atoms with van der Waals surface area (Å²) in [5.74, 6) is 0.334. The summed E-state index contributed by atoms with van der Waals surface area (Å²) in [6.07, 6.45) is 12.7. The predicted molar refractivity (Wildman–Crippen MR) is 180 cm³/mol. The average molecular weight is 557 g/mol. The fourth-order valence-electron chi connectivity index (χ4n) is 6.82. The summed E-state index contributed by atoms with van der Waals surface area (Å²) in [6, 6.07) is 28.5. The number of para-hydroxylation sites is 2. The Morgan fingerprint density at radius 2 is 1.43 bits per heavy atom. The molecule has 6 rings (SSSR count). The molecule has 0 saturated carbocycles. The van der Waals surface area contributed by atoms with Crippen LogP contribution in [-0.4, -0.2) is 60.6 Å². The summed E-state index contributed by atoms with van der Waals surface area (Å²) < 4.78 is 2.66. The van der Waals surface area contributed by atoms with Gasteiger partial charge < -0.3 is 19.4 Å². The number of aromatic amines is 1. The highest BCUT2D eigenvalue weighted by atomic mass is 15.1. The number of hydrogen-bond donors (Lipinski definition) is 1. The van der Waals surface area contributed by atoms with Crippen molar-refractivity contribution in [2.75, 3.05) is 41.3 Å². The molecule has 5 aromatic rings. The monoisotopic (exact) mass is 556 g/mol. The number of H-pyrrole nitrogens is 1. The van der Waals surface area contributed by atoms with Crippen LogP contribution in [0.4, 0.5) is 0 Å². The molecule has 0 aliphatic carbocycles. The molecular formula is C38H44N4. The van der Waals surface area contributed by atoms with E-state index >= 15 is 0 Å². The fraction of sp³-hybridized carbons (Fsp3) is 0.316. The number of rotatable bonds is 10. The zero-order valence-electron chi connectivity index (χ0n) is 25.8. The normalized spacial score (nSPS) is 19.0. The van der Waals surface area contributed by atoms with E-state index in [4.69, 9.17) is 0 Å². The number of likely N-dealkylation sites (N-methyl/N-ethyl adjacent to an activating group) is 2. The molecule has 216 valence electrons. The van der Waals surface area contributed by atoms with Gasteiger partial charge in [-0.2, -0.15) is 0 Å². The van der Waals surface area contributed by atoms with Crippen LogP contribution in [0.3, 0.4) is 0 Å². The number of aromatic nitrogens is 2. The molecule has 2 aromatic heterocycles. The number of nitrogens with zero attached hydrogens (tertiary/aromatic N) is 3. The minimum absolute atomic E-state index is 0.160. The van der Waals surface area contributed by atoms with E-state index in [0.29, 0.717) is 5.92 Å². The van der Waals surface area contributed by atoms with Crippen molar-refractivity contribution < 1.29 is 0 Å². The Morgan fingerprint density at radius 1 is 0.786 bits per heavy atom. The molecule has 0 saturated heterocycles. The zero-order valence-corrected chi connectivity index (χ0v) is 25.8. The predicted octanol–water partition coefficient (Wildman–Crippen LogP) is 7.96. The maximum Gasteiger partial charge on any atom is 0.0616 e. The van der Waals surface area contributed by atoms with Gasteiger partial charge in [-0.25, -0.2) is 0 Å². The van der Waals surface area contributed by atoms with Crippen LogP contribution in [0.2, 0.25) is 0 Å². The van der Waals surface area contributed by atoms with Crippen molar-refractivity contribution in [2.24, 2.45) is 0 Å². The van der Waals surface area contributed by atoms with Gasteiger partial charge in [-0.3, -0.25) is 0 Å². The van der Waals surface area contributed by atoms with Gasteiger partial charge in [-0.15, -0.1) is 0 Å². The van der Waals surface area contributed by atoms with Crippen LogP contribution in [0.15, 0.2) is 91.0 Å². The van der Waals surface area contributed by atoms with Crippen LogP contribution in [0, 0.1) is 0 Å². The van der Waals surface area contributed by atoms with Crippen LogP contribution in [0.1, 0.15) is 47.3 Å². The molecule has 1 unspecified atom stereocenters. The van der Waals surface area contributed by atoms with Crippen molar-refractivity contribution in [2.45, 2.75) is 37.6 Å². The molecule has 4 nitrogen and oxygen atoms in total. The molecular weight excluding hydrogens is 512 g/mol. The van der Waals surface area contributed by atoms with Gasteiger partial charge in [-0.1, -0.05) is 85.0 Å². The molecule has 42 heavy (non-hydrogen) atoms. The van der Waals surface area contributed by atoms with E-state index in [0.717, 1.165) is 32.4 Å². The van der Waals surface area contributed by atoms with Crippen molar-refractivity contribution in [3.05, 3.63) is 119 Å². The molecule has 4 heteroatoms. The van der Waals surface area contributed by atoms with Gasteiger partial charge in [-0.05, 0) is 89.3 Å². The van der Waals surface area contributed by atoms with Crippen molar-refractivity contribution in [1.29, 1.82) is 0 Å². The standard InChI is InChI=1S/C38H44N4/c1-38(24-21-35-31(22-25-40(2)3)30-15-9-11-17-34(30)39-35)27-29(20-19-28-13-7-6-8-14-28)37-33(23-26-41(4)5)32-16-10-12-18-36(32)42(37)38/h6-21,24,29,39H,22-23,25-27H2,1-5H3/b20-19+,24-21+/t29-,38?/m0/s1. The van der Waals surface area contributed by atoms with Gasteiger partial charge in [0.25, 0.3) is 0 Å². The highest BCUT2D eigenvalue weighted by molar-refractivity contribution is 5.88. The lowest BCUT2D eigenvalue weighted by Crippen LogP contribution is -2.23. The van der Waals surface area contributed by atoms with Gasteiger partial charge >= 0.3 is 0 Å². The molecule has 0 radical (unpaired) electrons. The van der Waals surface area contributed by atoms with E-state index in [1.807, 2.05) is 0 Å². The number of allylic oxidation sites excluding steroid dienone is 2. The van der Waals surface area contributed by atoms with Crippen molar-refractivity contribution >= 4 is 34.0 Å². The Kier molecular flexibility index (Phi) is 7.94. The first-order valence-electron chi connectivity index (χ1n) is 15.3. The van der Waals surface area contributed by atoms with E-state index in [1.54, 1.807) is 0 Å². The number of benzene rings is 3. The molecule has 0 fully saturated rings. The molecule has 1 aliphatic heterocycles. The van der Waals surface area contributed by atoms with Crippen LogP contribution < -0.4 is 0 Å². The third kappa shape index (κ3) is 5.49. The third-order valence-electron chi connectivity index (χ3n) is 8.91. The first kappa shape index (κ1) is 28.3. The molecule has 2 atom stereocenters. The first-order chi connectivity index (χ1) is 20.3. The van der Waals surface area contributed by atoms with E-state index in [9.17, 15) is 0 Å². The zero-order chi connectivity index (χ0) is 29.3. The minimum atomic E-state index is -0.160. The summed E-state index contributed by atoms with van der Waals surface area (Å²) in [5, 5.41) is 2.72. The van der Waals surface area contributed by atoms with Gasteiger partial charge in [0.05, 0.1) is 5.54 Å². The highest BCUT2D eigenvalue weighted by Crippen LogP contribution is 2.49. The minimum Gasteiger partial charge on any atom is -0.355 e. The third-order valence-corrected chi connectivity index (χ3v) is 8.91. The maximum absolute atomic E-state index is 3.75. The Morgan fingerprint density at radius 3 is 2.17 bits per heavy atom. The van der Waals surface area contributed by atoms with Crippen LogP contribution in [-0.2, 0) is 18.4 Å². The van der Waals surface area contributed by atoms with Gasteiger partial charge in [0.15, 0.2) is 0 Å². The van der Waals surface area contributed by atoms with Gasteiger partial charge in [0.2, 0.25) is 0 Å². The van der Waals surface area contributed by atoms with Crippen LogP contribution in [0.5, 0.6) is 0 Å². The average Bonchev–Trinajstić information content (AvgIpc) is 3.61. The van der Waals surface area contributed by atoms with E-state index in [-0.39, 0.29) is 5.54 Å². The SMILES string of the molecule is CN(C)CCc1c(/C=C/C2(C)C[C@H](/C=C/c3ccccc3)c3c(CCN(C)C)c4ccccc4n32)[nH]c2ccccc12. The lowest BCUT2D eigenvalue weighted by atomic mass is 9.88. The van der Waals surface area contributed by atoms with Crippen molar-refractivity contribution in [3.63, 3.8) is 0 Å². The molecule has 3 heterocycles. The Bertz CT molecular complexity index is 1730. The second-order valence-corrected chi connectivity index (χ2v) is 12.7. The molecule has 1 N–H and O–H groups in total. The second-order valence-electron chi connectivity index (χ2n) is 12.7. The molecule has 0 bridgehead atoms. The molecule has 1 aliphatic rings. The summed E-state index contributed by atoms with van der Waals surface area (Å²) in [5.41, 5.74) is 9.25. The number of fused-ring (bicyclic) bond motifs is 4. The smallest absolute Gasteiger partial charge is 0.0616 e. The second kappa shape index (κ2) is 11.8. The number of hydrogen-bond acceptors (Lipinski definition) is 2. The Labute approximate surface area is 251 Å². The van der Waals surface area contributed by atoms with Crippen molar-refractivity contribution in [1.82, 2.24) is 19.4 Å². The van der Waals surface area contributed by atoms with E-state index < -0.39 is 0 Å². The quantitative estimate of drug-likeness (QED) is 0.189. The van der Waals surface area contributed by atoms with Crippen LogP contribution >= 0.6 is 0 Å². The van der Waals surface area contributed by atoms with Crippen molar-refractivity contribution in [3.8, 4) is 0 Å². The topological polar surface area (TPSA) is 27.2 Å². The first-order valence-corrected chi connectivity index (χ1v) is 15.3. The van der Waals surface area contributed by atoms with E-state index in [1.165, 1.54) is 49.9 Å². The molecule has 0 amide bonds. The Balaban J connectivity index is 1.47. The summed E-state index contributed by atoms with van der Waals surface area (Å²) in [6.45, 7) is 4.48. The summed E-state index contributed by atoms with van der Waals surface area (Å²) in [4.78, 5) is 8.32. The lowest BCUT2D eigenvalue weighted by Gasteiger charge is -2.25. The Hall–Kier alpha value is -3.86. The summed E-state index contributed by atoms with van der Waals surface area (Å²) >= 11 is 0. The summed E-state index contributed by atoms with van der Waals surface area (Å²) in [7, 11) is 8.65. The van der Waals surface area contributed by atoms with Gasteiger partial charge in [0, 0.05) is 52.2 Å². The molecule has 0 spiro atoms. The lowest BCUT2D eigenvalue weighted by molar-refractivity contribution is 0.413. The largest absolute Gasteiger partial charge is 0.355 e. The van der Waals surface area contributed by atoms with Crippen LogP contribution in [0.25, 0.3) is 34.0 Å². The van der Waals surface area contributed by atoms with Gasteiger partial charge in [0.1, 0.15) is 0 Å². The highest BCUT2D eigenvalue weighted by Gasteiger charge is 2.40. The maximum atomic E-state index is 3.75.